The third-order valence-electron chi connectivity index (χ3n) is 2.03. The first-order chi connectivity index (χ1) is 7.65. The molecule has 0 amide bonds. The second kappa shape index (κ2) is 4.84. The number of rotatable bonds is 3. The van der Waals surface area contributed by atoms with Crippen LogP contribution in [0.4, 0.5) is 5.82 Å². The molecule has 0 spiro atoms. The summed E-state index contributed by atoms with van der Waals surface area (Å²) in [6, 6.07) is 1.81. The standard InChI is InChI=1S/C10H10BrClN4/c1-16-6-7(4-15-16)3-13-10-9(12)2-8(11)5-14-10/h2,4-6H,3H2,1H3,(H,13,14). The number of anilines is 1. The molecule has 0 aromatic carbocycles. The number of aromatic nitrogens is 3. The van der Waals surface area contributed by atoms with Crippen molar-refractivity contribution in [1.29, 1.82) is 0 Å². The van der Waals surface area contributed by atoms with Crippen LogP contribution in [-0.2, 0) is 13.6 Å². The fourth-order valence-corrected chi connectivity index (χ4v) is 1.99. The number of nitrogens with zero attached hydrogens (tertiary/aromatic N) is 3. The Morgan fingerprint density at radius 1 is 1.50 bits per heavy atom. The Bertz CT molecular complexity index is 497. The van der Waals surface area contributed by atoms with Crippen LogP contribution < -0.4 is 5.32 Å². The molecular formula is C10H10BrClN4. The molecule has 0 atom stereocenters. The molecule has 2 heterocycles. The maximum atomic E-state index is 6.03. The number of pyridine rings is 1. The maximum absolute atomic E-state index is 6.03. The van der Waals surface area contributed by atoms with Crippen LogP contribution in [0.3, 0.4) is 0 Å². The smallest absolute Gasteiger partial charge is 0.145 e. The molecule has 2 aromatic heterocycles. The van der Waals surface area contributed by atoms with Crippen molar-refractivity contribution < 1.29 is 0 Å². The average Bonchev–Trinajstić information content (AvgIpc) is 2.63. The molecule has 0 saturated heterocycles. The number of hydrogen-bond donors (Lipinski definition) is 1. The summed E-state index contributed by atoms with van der Waals surface area (Å²) in [5, 5.41) is 7.83. The molecule has 0 radical (unpaired) electrons. The first-order valence-electron chi connectivity index (χ1n) is 4.67. The van der Waals surface area contributed by atoms with E-state index in [2.05, 4.69) is 31.3 Å². The Kier molecular flexibility index (Phi) is 3.46. The Morgan fingerprint density at radius 3 is 2.94 bits per heavy atom. The van der Waals surface area contributed by atoms with Gasteiger partial charge in [-0.15, -0.1) is 0 Å². The maximum Gasteiger partial charge on any atom is 0.145 e. The molecule has 4 nitrogen and oxygen atoms in total. The zero-order valence-corrected chi connectivity index (χ0v) is 11.0. The van der Waals surface area contributed by atoms with Crippen LogP contribution in [0.15, 0.2) is 29.1 Å². The fourth-order valence-electron chi connectivity index (χ4n) is 1.29. The van der Waals surface area contributed by atoms with E-state index < -0.39 is 0 Å². The molecule has 84 valence electrons. The third-order valence-corrected chi connectivity index (χ3v) is 2.75. The van der Waals surface area contributed by atoms with Crippen molar-refractivity contribution in [3.05, 3.63) is 39.7 Å². The van der Waals surface area contributed by atoms with Gasteiger partial charge in [0.1, 0.15) is 5.82 Å². The van der Waals surface area contributed by atoms with Crippen LogP contribution in [0.1, 0.15) is 5.56 Å². The first-order valence-corrected chi connectivity index (χ1v) is 5.84. The molecule has 2 rings (SSSR count). The van der Waals surface area contributed by atoms with Gasteiger partial charge in [0.2, 0.25) is 0 Å². The molecule has 16 heavy (non-hydrogen) atoms. The summed E-state index contributed by atoms with van der Waals surface area (Å²) in [4.78, 5) is 4.18. The topological polar surface area (TPSA) is 42.7 Å². The molecule has 0 aliphatic rings. The van der Waals surface area contributed by atoms with Crippen molar-refractivity contribution in [1.82, 2.24) is 14.8 Å². The molecule has 0 bridgehead atoms. The average molecular weight is 302 g/mol. The predicted octanol–water partition coefficient (Wildman–Crippen LogP) is 2.84. The molecule has 0 saturated carbocycles. The zero-order chi connectivity index (χ0) is 11.5. The van der Waals surface area contributed by atoms with Gasteiger partial charge in [-0.05, 0) is 22.0 Å². The lowest BCUT2D eigenvalue weighted by atomic mass is 10.3. The van der Waals surface area contributed by atoms with E-state index >= 15 is 0 Å². The third kappa shape index (κ3) is 2.74. The number of nitrogens with one attached hydrogen (secondary N) is 1. The zero-order valence-electron chi connectivity index (χ0n) is 8.61. The number of aryl methyl sites for hydroxylation is 1. The molecule has 1 N–H and O–H groups in total. The highest BCUT2D eigenvalue weighted by molar-refractivity contribution is 9.10. The van der Waals surface area contributed by atoms with E-state index in [0.29, 0.717) is 17.4 Å². The van der Waals surface area contributed by atoms with Gasteiger partial charge < -0.3 is 5.32 Å². The number of halogens is 2. The second-order valence-corrected chi connectivity index (χ2v) is 4.68. The van der Waals surface area contributed by atoms with E-state index in [1.807, 2.05) is 13.2 Å². The van der Waals surface area contributed by atoms with E-state index in [0.717, 1.165) is 10.0 Å². The van der Waals surface area contributed by atoms with Crippen molar-refractivity contribution in [2.45, 2.75) is 6.54 Å². The number of hydrogen-bond acceptors (Lipinski definition) is 3. The van der Waals surface area contributed by atoms with Crippen molar-refractivity contribution in [3.8, 4) is 0 Å². The Morgan fingerprint density at radius 2 is 2.31 bits per heavy atom. The highest BCUT2D eigenvalue weighted by atomic mass is 79.9. The highest BCUT2D eigenvalue weighted by Gasteiger charge is 2.03. The van der Waals surface area contributed by atoms with Gasteiger partial charge >= 0.3 is 0 Å². The Labute approximate surface area is 107 Å². The van der Waals surface area contributed by atoms with E-state index in [1.54, 1.807) is 23.1 Å². The second-order valence-electron chi connectivity index (χ2n) is 3.36. The van der Waals surface area contributed by atoms with Gasteiger partial charge in [0, 0.05) is 36.0 Å². The van der Waals surface area contributed by atoms with Crippen LogP contribution in [0.5, 0.6) is 0 Å². The fraction of sp³-hybridized carbons (Fsp3) is 0.200. The first kappa shape index (κ1) is 11.4. The highest BCUT2D eigenvalue weighted by Crippen LogP contribution is 2.23. The molecule has 0 aliphatic carbocycles. The summed E-state index contributed by atoms with van der Waals surface area (Å²) in [6.07, 6.45) is 5.46. The van der Waals surface area contributed by atoms with Crippen LogP contribution in [0, 0.1) is 0 Å². The Balaban J connectivity index is 2.04. The van der Waals surface area contributed by atoms with Crippen molar-refractivity contribution in [2.75, 3.05) is 5.32 Å². The monoisotopic (exact) mass is 300 g/mol. The van der Waals surface area contributed by atoms with Crippen LogP contribution in [0.2, 0.25) is 5.02 Å². The molecule has 0 unspecified atom stereocenters. The molecular weight excluding hydrogens is 291 g/mol. The van der Waals surface area contributed by atoms with Gasteiger partial charge in [-0.3, -0.25) is 4.68 Å². The minimum Gasteiger partial charge on any atom is -0.365 e. The summed E-state index contributed by atoms with van der Waals surface area (Å²) in [5.41, 5.74) is 1.09. The quantitative estimate of drug-likeness (QED) is 0.948. The summed E-state index contributed by atoms with van der Waals surface area (Å²) in [5.74, 6) is 0.675. The lowest BCUT2D eigenvalue weighted by Crippen LogP contribution is -2.01. The van der Waals surface area contributed by atoms with Gasteiger partial charge in [-0.2, -0.15) is 5.10 Å². The summed E-state index contributed by atoms with van der Waals surface area (Å²) in [6.45, 7) is 0.655. The summed E-state index contributed by atoms with van der Waals surface area (Å²) in [7, 11) is 1.88. The largest absolute Gasteiger partial charge is 0.365 e. The van der Waals surface area contributed by atoms with Crippen molar-refractivity contribution >= 4 is 33.3 Å². The van der Waals surface area contributed by atoms with Crippen LogP contribution >= 0.6 is 27.5 Å². The van der Waals surface area contributed by atoms with Gasteiger partial charge in [0.25, 0.3) is 0 Å². The minimum absolute atomic E-state index is 0.596. The van der Waals surface area contributed by atoms with Gasteiger partial charge in [-0.25, -0.2) is 4.98 Å². The Hall–Kier alpha value is -1.07. The summed E-state index contributed by atoms with van der Waals surface area (Å²) >= 11 is 9.33. The van der Waals surface area contributed by atoms with Gasteiger partial charge in [0.05, 0.1) is 11.2 Å². The molecule has 0 fully saturated rings. The minimum atomic E-state index is 0.596. The SMILES string of the molecule is Cn1cc(CNc2ncc(Br)cc2Cl)cn1. The molecule has 6 heteroatoms. The van der Waals surface area contributed by atoms with Gasteiger partial charge in [0.15, 0.2) is 0 Å². The van der Waals surface area contributed by atoms with Crippen LogP contribution in [-0.4, -0.2) is 14.8 Å². The van der Waals surface area contributed by atoms with E-state index in [4.69, 9.17) is 11.6 Å². The molecule has 2 aromatic rings. The molecule has 0 aliphatic heterocycles. The van der Waals surface area contributed by atoms with Crippen molar-refractivity contribution in [3.63, 3.8) is 0 Å². The van der Waals surface area contributed by atoms with E-state index in [9.17, 15) is 0 Å². The summed E-state index contributed by atoms with van der Waals surface area (Å²) < 4.78 is 2.62. The van der Waals surface area contributed by atoms with E-state index in [-0.39, 0.29) is 0 Å². The van der Waals surface area contributed by atoms with Crippen molar-refractivity contribution in [2.24, 2.45) is 7.05 Å². The van der Waals surface area contributed by atoms with Gasteiger partial charge in [-0.1, -0.05) is 11.6 Å². The lowest BCUT2D eigenvalue weighted by molar-refractivity contribution is 0.767. The lowest BCUT2D eigenvalue weighted by Gasteiger charge is -2.05. The van der Waals surface area contributed by atoms with Crippen LogP contribution in [0.25, 0.3) is 0 Å². The van der Waals surface area contributed by atoms with E-state index in [1.165, 1.54) is 0 Å². The normalized spacial score (nSPS) is 10.4. The predicted molar refractivity (Wildman–Crippen MR) is 67.5 cm³/mol.